The Morgan fingerprint density at radius 1 is 1.17 bits per heavy atom. The van der Waals surface area contributed by atoms with Gasteiger partial charge in [0.2, 0.25) is 5.91 Å². The molecule has 41 heavy (non-hydrogen) atoms. The molecule has 0 saturated carbocycles. The second kappa shape index (κ2) is 12.2. The summed E-state index contributed by atoms with van der Waals surface area (Å²) in [5.41, 5.74) is 3.31. The fourth-order valence-electron chi connectivity index (χ4n) is 5.64. The monoisotopic (exact) mass is 588 g/mol. The Bertz CT molecular complexity index is 1260. The Labute approximate surface area is 247 Å². The highest BCUT2D eigenvalue weighted by atomic mass is 35.5. The minimum Gasteiger partial charge on any atom is -0.444 e. The quantitative estimate of drug-likeness (QED) is 0.418. The maximum atomic E-state index is 13.9. The molecule has 0 unspecified atom stereocenters. The van der Waals surface area contributed by atoms with Crippen molar-refractivity contribution in [3.8, 4) is 0 Å². The first-order valence-electron chi connectivity index (χ1n) is 14.1. The number of ether oxygens (including phenoxy) is 2. The van der Waals surface area contributed by atoms with E-state index in [1.807, 2.05) is 38.7 Å². The van der Waals surface area contributed by atoms with E-state index in [9.17, 15) is 14.0 Å². The number of pyridine rings is 1. The van der Waals surface area contributed by atoms with Crippen LogP contribution in [0.5, 0.6) is 0 Å². The fourth-order valence-corrected chi connectivity index (χ4v) is 5.87. The van der Waals surface area contributed by atoms with Gasteiger partial charge in [-0.3, -0.25) is 14.7 Å². The van der Waals surface area contributed by atoms with Gasteiger partial charge in [0.25, 0.3) is 0 Å². The average Bonchev–Trinajstić information content (AvgIpc) is 3.15. The molecule has 1 aromatic carbocycles. The molecule has 0 bridgehead atoms. The van der Waals surface area contributed by atoms with Gasteiger partial charge in [-0.1, -0.05) is 26.0 Å². The second-order valence-electron chi connectivity index (χ2n) is 12.8. The van der Waals surface area contributed by atoms with Gasteiger partial charge in [-0.05, 0) is 63.4 Å². The third-order valence-corrected chi connectivity index (χ3v) is 7.92. The lowest BCUT2D eigenvalue weighted by atomic mass is 9.90. The topological polar surface area (TPSA) is 75.2 Å². The molecule has 3 heterocycles. The van der Waals surface area contributed by atoms with E-state index in [1.165, 1.54) is 12.1 Å². The number of nitrogens with zero attached hydrogens (tertiary/aromatic N) is 4. The molecule has 224 valence electrons. The molecule has 2 atom stereocenters. The predicted octanol–water partition coefficient (Wildman–Crippen LogP) is 5.13. The van der Waals surface area contributed by atoms with Crippen molar-refractivity contribution in [2.75, 3.05) is 44.8 Å². The summed E-state index contributed by atoms with van der Waals surface area (Å²) in [6.07, 6.45) is 0.174. The fraction of sp³-hybridized carbons (Fsp3) is 0.581. The molecule has 0 radical (unpaired) electrons. The standard InChI is InChI=1S/C31H42ClFN4O4/c1-20-15-35(24(18-40-7)16-36(20)29(39)41-30(2,3)4)17-27(38)37-19-31(5,6)28-26(37)13-22(25(14-32)34-28)12-21-8-10-23(33)11-9-21/h8-11,13,20,24H,12,14-19H2,1-7H3/t20-,24-/m1/s1. The molecule has 1 aromatic heterocycles. The molecule has 2 aliphatic rings. The van der Waals surface area contributed by atoms with Crippen LogP contribution in [0, 0.1) is 5.82 Å². The van der Waals surface area contributed by atoms with Crippen LogP contribution in [0.15, 0.2) is 30.3 Å². The van der Waals surface area contributed by atoms with Crippen LogP contribution < -0.4 is 4.90 Å². The largest absolute Gasteiger partial charge is 0.444 e. The summed E-state index contributed by atoms with van der Waals surface area (Å²) in [4.78, 5) is 37.4. The van der Waals surface area contributed by atoms with Crippen molar-refractivity contribution < 1.29 is 23.5 Å². The number of alkyl halides is 1. The number of methoxy groups -OCH3 is 1. The maximum Gasteiger partial charge on any atom is 0.410 e. The van der Waals surface area contributed by atoms with Crippen molar-refractivity contribution in [3.05, 3.63) is 58.7 Å². The first-order chi connectivity index (χ1) is 19.2. The molecule has 0 aliphatic carbocycles. The Morgan fingerprint density at radius 3 is 2.46 bits per heavy atom. The summed E-state index contributed by atoms with van der Waals surface area (Å²) in [7, 11) is 1.62. The van der Waals surface area contributed by atoms with Crippen LogP contribution in [-0.2, 0) is 32.0 Å². The van der Waals surface area contributed by atoms with Crippen LogP contribution in [0.2, 0.25) is 0 Å². The molecule has 1 saturated heterocycles. The van der Waals surface area contributed by atoms with Crippen molar-refractivity contribution in [1.82, 2.24) is 14.8 Å². The van der Waals surface area contributed by atoms with Gasteiger partial charge in [-0.25, -0.2) is 9.18 Å². The zero-order valence-electron chi connectivity index (χ0n) is 25.2. The van der Waals surface area contributed by atoms with Crippen LogP contribution in [-0.4, -0.2) is 84.4 Å². The van der Waals surface area contributed by atoms with Crippen LogP contribution in [0.4, 0.5) is 14.9 Å². The van der Waals surface area contributed by atoms with E-state index in [4.69, 9.17) is 26.1 Å². The summed E-state index contributed by atoms with van der Waals surface area (Å²) in [5, 5.41) is 0. The van der Waals surface area contributed by atoms with E-state index in [-0.39, 0.29) is 47.7 Å². The summed E-state index contributed by atoms with van der Waals surface area (Å²) >= 11 is 6.32. The van der Waals surface area contributed by atoms with Crippen molar-refractivity contribution in [2.24, 2.45) is 0 Å². The first-order valence-corrected chi connectivity index (χ1v) is 14.6. The van der Waals surface area contributed by atoms with Crippen LogP contribution in [0.1, 0.15) is 64.1 Å². The zero-order chi connectivity index (χ0) is 30.1. The molecule has 2 aromatic rings. The second-order valence-corrected chi connectivity index (χ2v) is 13.1. The van der Waals surface area contributed by atoms with Crippen molar-refractivity contribution >= 4 is 29.3 Å². The number of halogens is 2. The van der Waals surface area contributed by atoms with Gasteiger partial charge in [-0.15, -0.1) is 11.6 Å². The molecule has 2 amide bonds. The maximum absolute atomic E-state index is 13.9. The summed E-state index contributed by atoms with van der Waals surface area (Å²) < 4.78 is 24.6. The molecule has 10 heteroatoms. The van der Waals surface area contributed by atoms with Crippen LogP contribution >= 0.6 is 11.6 Å². The van der Waals surface area contributed by atoms with Gasteiger partial charge in [0.1, 0.15) is 11.4 Å². The number of benzene rings is 1. The highest BCUT2D eigenvalue weighted by molar-refractivity contribution is 6.17. The van der Waals surface area contributed by atoms with Gasteiger partial charge < -0.3 is 19.3 Å². The number of anilines is 1. The minimum atomic E-state index is -0.594. The van der Waals surface area contributed by atoms with Gasteiger partial charge in [0.15, 0.2) is 0 Å². The number of carbonyl (C=O) groups is 2. The van der Waals surface area contributed by atoms with Gasteiger partial charge in [0.05, 0.1) is 42.1 Å². The SMILES string of the molecule is COC[C@H]1CN(C(=O)OC(C)(C)C)[C@H](C)CN1CC(=O)N1CC(C)(C)c2nc(CCl)c(Cc3ccc(F)cc3)cc21. The number of rotatable bonds is 7. The normalized spacial score (nSPS) is 20.7. The van der Waals surface area contributed by atoms with E-state index in [2.05, 4.69) is 18.7 Å². The molecule has 2 aliphatic heterocycles. The number of carbonyl (C=O) groups excluding carboxylic acids is 2. The van der Waals surface area contributed by atoms with E-state index in [0.717, 1.165) is 28.2 Å². The smallest absolute Gasteiger partial charge is 0.410 e. The van der Waals surface area contributed by atoms with E-state index in [0.29, 0.717) is 32.7 Å². The van der Waals surface area contributed by atoms with Gasteiger partial charge >= 0.3 is 6.09 Å². The highest BCUT2D eigenvalue weighted by Gasteiger charge is 2.42. The van der Waals surface area contributed by atoms with Crippen molar-refractivity contribution in [1.29, 1.82) is 0 Å². The van der Waals surface area contributed by atoms with Crippen LogP contribution in [0.3, 0.4) is 0 Å². The highest BCUT2D eigenvalue weighted by Crippen LogP contribution is 2.41. The third-order valence-electron chi connectivity index (χ3n) is 7.67. The molecular formula is C31H42ClFN4O4. The van der Waals surface area contributed by atoms with Gasteiger partial charge in [-0.2, -0.15) is 0 Å². The van der Waals surface area contributed by atoms with Gasteiger partial charge in [0, 0.05) is 38.2 Å². The Hall–Kier alpha value is -2.75. The Balaban J connectivity index is 1.56. The van der Waals surface area contributed by atoms with Crippen molar-refractivity contribution in [2.45, 2.75) is 76.9 Å². The van der Waals surface area contributed by atoms with Crippen molar-refractivity contribution in [3.63, 3.8) is 0 Å². The van der Waals surface area contributed by atoms with E-state index in [1.54, 1.807) is 24.1 Å². The lowest BCUT2D eigenvalue weighted by Gasteiger charge is -2.45. The van der Waals surface area contributed by atoms with Crippen LogP contribution in [0.25, 0.3) is 0 Å². The first kappa shape index (κ1) is 31.2. The molecule has 0 N–H and O–H groups in total. The van der Waals surface area contributed by atoms with E-state index >= 15 is 0 Å². The molecule has 1 fully saturated rings. The number of fused-ring (bicyclic) bond motifs is 1. The molecule has 4 rings (SSSR count). The number of hydrogen-bond acceptors (Lipinski definition) is 6. The Kier molecular flexibility index (Phi) is 9.31. The molecule has 0 spiro atoms. The number of aromatic nitrogens is 1. The molecule has 8 nitrogen and oxygen atoms in total. The predicted molar refractivity (Wildman–Crippen MR) is 158 cm³/mol. The summed E-state index contributed by atoms with van der Waals surface area (Å²) in [6.45, 7) is 13.7. The minimum absolute atomic E-state index is 0.0380. The lowest BCUT2D eigenvalue weighted by molar-refractivity contribution is -0.121. The third kappa shape index (κ3) is 7.19. The number of piperazine rings is 1. The number of hydrogen-bond donors (Lipinski definition) is 0. The summed E-state index contributed by atoms with van der Waals surface area (Å²) in [6, 6.07) is 8.11. The number of amides is 2. The summed E-state index contributed by atoms with van der Waals surface area (Å²) in [5.74, 6) is -0.0826. The Morgan fingerprint density at radius 2 is 1.85 bits per heavy atom. The van der Waals surface area contributed by atoms with E-state index < -0.39 is 5.60 Å². The lowest BCUT2D eigenvalue weighted by Crippen LogP contribution is -2.62. The average molecular weight is 589 g/mol. The zero-order valence-corrected chi connectivity index (χ0v) is 25.9. The molecular weight excluding hydrogens is 547 g/mol.